The molecule has 1 aliphatic rings. The maximum atomic E-state index is 14.8. The van der Waals surface area contributed by atoms with Crippen molar-refractivity contribution >= 4 is 17.4 Å². The molecule has 0 spiro atoms. The predicted molar refractivity (Wildman–Crippen MR) is 114 cm³/mol. The summed E-state index contributed by atoms with van der Waals surface area (Å²) in [5, 5.41) is 11.2. The first kappa shape index (κ1) is 20.5. The van der Waals surface area contributed by atoms with Crippen molar-refractivity contribution in [1.29, 1.82) is 0 Å². The largest absolute Gasteiger partial charge is 0.507 e. The molecule has 0 radical (unpaired) electrons. The average molecular weight is 416 g/mol. The molecule has 1 atom stereocenters. The maximum Gasteiger partial charge on any atom is 0.295 e. The molecule has 1 saturated heterocycles. The van der Waals surface area contributed by atoms with Gasteiger partial charge in [0.05, 0.1) is 11.6 Å². The van der Waals surface area contributed by atoms with E-state index in [-0.39, 0.29) is 23.4 Å². The summed E-state index contributed by atoms with van der Waals surface area (Å²) in [6.07, 6.45) is 3.17. The molecule has 0 saturated carbocycles. The lowest BCUT2D eigenvalue weighted by atomic mass is 9.93. The summed E-state index contributed by atoms with van der Waals surface area (Å²) in [4.78, 5) is 31.3. The summed E-state index contributed by atoms with van der Waals surface area (Å²) in [7, 11) is 0. The fourth-order valence-electron chi connectivity index (χ4n) is 3.88. The summed E-state index contributed by atoms with van der Waals surface area (Å²) >= 11 is 0. The lowest BCUT2D eigenvalue weighted by Gasteiger charge is -2.26. The molecule has 3 aromatic rings. The van der Waals surface area contributed by atoms with Gasteiger partial charge in [-0.15, -0.1) is 0 Å². The minimum Gasteiger partial charge on any atom is -0.507 e. The van der Waals surface area contributed by atoms with Crippen LogP contribution in [-0.2, 0) is 16.1 Å². The standard InChI is InChI=1S/C25H21FN2O3/c1-15-7-8-16(2)19(13-15)23(29)21-22(18-5-3-4-6-20(18)26)28(25(31)24(21)30)14-17-9-11-27-12-10-17/h3-13,22,29H,14H2,1-2H3/b23-21+. The molecular formula is C25H21FN2O3. The Balaban J connectivity index is 1.92. The molecule has 1 amide bonds. The highest BCUT2D eigenvalue weighted by Gasteiger charge is 2.47. The quantitative estimate of drug-likeness (QED) is 0.387. The summed E-state index contributed by atoms with van der Waals surface area (Å²) < 4.78 is 14.8. The van der Waals surface area contributed by atoms with Gasteiger partial charge in [0.25, 0.3) is 11.7 Å². The molecule has 1 unspecified atom stereocenters. The fourth-order valence-corrected chi connectivity index (χ4v) is 3.88. The number of hydrogen-bond donors (Lipinski definition) is 1. The average Bonchev–Trinajstić information content (AvgIpc) is 3.01. The zero-order valence-corrected chi connectivity index (χ0v) is 17.2. The lowest BCUT2D eigenvalue weighted by Crippen LogP contribution is -2.29. The van der Waals surface area contributed by atoms with Crippen LogP contribution in [0.4, 0.5) is 4.39 Å². The lowest BCUT2D eigenvalue weighted by molar-refractivity contribution is -0.140. The molecule has 156 valence electrons. The van der Waals surface area contributed by atoms with Gasteiger partial charge in [-0.3, -0.25) is 14.6 Å². The Bertz CT molecular complexity index is 1200. The van der Waals surface area contributed by atoms with Crippen LogP contribution in [0.1, 0.15) is 33.9 Å². The number of nitrogens with zero attached hydrogens (tertiary/aromatic N) is 2. The summed E-state index contributed by atoms with van der Waals surface area (Å²) in [6, 6.07) is 13.9. The third-order valence-electron chi connectivity index (χ3n) is 5.49. The number of hydrogen-bond acceptors (Lipinski definition) is 4. The first-order chi connectivity index (χ1) is 14.9. The fraction of sp³-hybridized carbons (Fsp3) is 0.160. The van der Waals surface area contributed by atoms with Crippen molar-refractivity contribution in [1.82, 2.24) is 9.88 Å². The zero-order chi connectivity index (χ0) is 22.1. The first-order valence-corrected chi connectivity index (χ1v) is 9.88. The van der Waals surface area contributed by atoms with E-state index < -0.39 is 23.5 Å². The molecular weight excluding hydrogens is 395 g/mol. The highest BCUT2D eigenvalue weighted by Crippen LogP contribution is 2.41. The van der Waals surface area contributed by atoms with E-state index in [1.165, 1.54) is 17.0 Å². The van der Waals surface area contributed by atoms with Crippen molar-refractivity contribution < 1.29 is 19.1 Å². The van der Waals surface area contributed by atoms with Crippen LogP contribution in [0.5, 0.6) is 0 Å². The Hall–Kier alpha value is -3.80. The Morgan fingerprint density at radius 1 is 1.06 bits per heavy atom. The SMILES string of the molecule is Cc1ccc(C)c(/C(O)=C2\C(=O)C(=O)N(Cc3ccncc3)C2c2ccccc2F)c1. The Morgan fingerprint density at radius 2 is 1.77 bits per heavy atom. The second kappa shape index (κ2) is 8.14. The normalized spacial score (nSPS) is 17.9. The van der Waals surface area contributed by atoms with Crippen molar-refractivity contribution in [2.45, 2.75) is 26.4 Å². The predicted octanol–water partition coefficient (Wildman–Crippen LogP) is 4.46. The van der Waals surface area contributed by atoms with E-state index >= 15 is 0 Å². The Morgan fingerprint density at radius 3 is 2.48 bits per heavy atom. The van der Waals surface area contributed by atoms with E-state index in [1.54, 1.807) is 49.6 Å². The summed E-state index contributed by atoms with van der Waals surface area (Å²) in [6.45, 7) is 3.75. The van der Waals surface area contributed by atoms with Gasteiger partial charge >= 0.3 is 0 Å². The van der Waals surface area contributed by atoms with Crippen LogP contribution in [0.2, 0.25) is 0 Å². The number of Topliss-reactive ketones (excluding diaryl/α,β-unsaturated/α-hetero) is 1. The van der Waals surface area contributed by atoms with Gasteiger partial charge in [0.2, 0.25) is 0 Å². The second-order valence-corrected chi connectivity index (χ2v) is 7.62. The Labute approximate surface area is 179 Å². The van der Waals surface area contributed by atoms with E-state index in [0.29, 0.717) is 5.56 Å². The van der Waals surface area contributed by atoms with E-state index in [1.807, 2.05) is 19.1 Å². The van der Waals surface area contributed by atoms with E-state index in [0.717, 1.165) is 16.7 Å². The molecule has 1 fully saturated rings. The highest BCUT2D eigenvalue weighted by molar-refractivity contribution is 6.46. The number of amides is 1. The third-order valence-corrected chi connectivity index (χ3v) is 5.49. The summed E-state index contributed by atoms with van der Waals surface area (Å²) in [5.74, 6) is -2.47. The van der Waals surface area contributed by atoms with Crippen molar-refractivity contribution in [3.05, 3.63) is 106 Å². The second-order valence-electron chi connectivity index (χ2n) is 7.62. The molecule has 0 bridgehead atoms. The van der Waals surface area contributed by atoms with Gasteiger partial charge in [-0.1, -0.05) is 35.9 Å². The number of aliphatic hydroxyl groups excluding tert-OH is 1. The minimum absolute atomic E-state index is 0.0790. The number of rotatable bonds is 4. The van der Waals surface area contributed by atoms with Crippen molar-refractivity contribution in [2.75, 3.05) is 0 Å². The molecule has 6 heteroatoms. The number of pyridine rings is 1. The van der Waals surface area contributed by atoms with Crippen LogP contribution in [0.25, 0.3) is 5.76 Å². The molecule has 2 aromatic carbocycles. The number of aliphatic hydroxyl groups is 1. The molecule has 2 heterocycles. The van der Waals surface area contributed by atoms with Crippen LogP contribution >= 0.6 is 0 Å². The number of ketones is 1. The maximum absolute atomic E-state index is 14.8. The molecule has 0 aliphatic carbocycles. The van der Waals surface area contributed by atoms with Gasteiger partial charge in [-0.2, -0.15) is 0 Å². The molecule has 5 nitrogen and oxygen atoms in total. The zero-order valence-electron chi connectivity index (χ0n) is 17.2. The third kappa shape index (κ3) is 3.72. The molecule has 1 N–H and O–H groups in total. The van der Waals surface area contributed by atoms with E-state index in [4.69, 9.17) is 0 Å². The van der Waals surface area contributed by atoms with Gasteiger partial charge < -0.3 is 10.0 Å². The van der Waals surface area contributed by atoms with Crippen LogP contribution in [-0.4, -0.2) is 26.7 Å². The van der Waals surface area contributed by atoms with Gasteiger partial charge in [-0.05, 0) is 49.2 Å². The number of carbonyl (C=O) groups excluding carboxylic acids is 2. The number of aryl methyl sites for hydroxylation is 2. The molecule has 1 aliphatic heterocycles. The van der Waals surface area contributed by atoms with Gasteiger partial charge in [0, 0.05) is 30.1 Å². The van der Waals surface area contributed by atoms with Crippen molar-refractivity contribution in [3.8, 4) is 0 Å². The highest BCUT2D eigenvalue weighted by atomic mass is 19.1. The number of aromatic nitrogens is 1. The van der Waals surface area contributed by atoms with Crippen LogP contribution in [0.3, 0.4) is 0 Å². The Kier molecular flexibility index (Phi) is 5.38. The van der Waals surface area contributed by atoms with Gasteiger partial charge in [0.1, 0.15) is 11.6 Å². The molecule has 31 heavy (non-hydrogen) atoms. The van der Waals surface area contributed by atoms with Crippen LogP contribution in [0, 0.1) is 19.7 Å². The van der Waals surface area contributed by atoms with Gasteiger partial charge in [0.15, 0.2) is 0 Å². The number of carbonyl (C=O) groups is 2. The van der Waals surface area contributed by atoms with Crippen LogP contribution < -0.4 is 0 Å². The van der Waals surface area contributed by atoms with E-state index in [2.05, 4.69) is 4.98 Å². The monoisotopic (exact) mass is 416 g/mol. The number of halogens is 1. The van der Waals surface area contributed by atoms with Gasteiger partial charge in [-0.25, -0.2) is 4.39 Å². The number of likely N-dealkylation sites (tertiary alicyclic amines) is 1. The first-order valence-electron chi connectivity index (χ1n) is 9.88. The smallest absolute Gasteiger partial charge is 0.295 e. The molecule has 4 rings (SSSR count). The van der Waals surface area contributed by atoms with Crippen molar-refractivity contribution in [3.63, 3.8) is 0 Å². The summed E-state index contributed by atoms with van der Waals surface area (Å²) in [5.41, 5.74) is 2.87. The van der Waals surface area contributed by atoms with Crippen molar-refractivity contribution in [2.24, 2.45) is 0 Å². The van der Waals surface area contributed by atoms with E-state index in [9.17, 15) is 19.1 Å². The number of benzene rings is 2. The minimum atomic E-state index is -1.05. The molecule has 1 aromatic heterocycles. The van der Waals surface area contributed by atoms with Crippen LogP contribution in [0.15, 0.2) is 72.6 Å². The topological polar surface area (TPSA) is 70.5 Å².